The quantitative estimate of drug-likeness (QED) is 0.598. The molecule has 0 atom stereocenters. The van der Waals surface area contributed by atoms with Crippen molar-refractivity contribution in [2.45, 2.75) is 6.61 Å². The molecule has 0 saturated heterocycles. The molecule has 1 N–H and O–H groups in total. The van der Waals surface area contributed by atoms with E-state index in [2.05, 4.69) is 15.0 Å². The van der Waals surface area contributed by atoms with Gasteiger partial charge in [0.2, 0.25) is 0 Å². The van der Waals surface area contributed by atoms with E-state index in [-0.39, 0.29) is 5.75 Å². The number of anilines is 1. The summed E-state index contributed by atoms with van der Waals surface area (Å²) in [7, 11) is 1.60. The van der Waals surface area contributed by atoms with Gasteiger partial charge in [-0.05, 0) is 12.1 Å². The van der Waals surface area contributed by atoms with Crippen LogP contribution in [0.2, 0.25) is 0 Å². The number of nitrogens with zero attached hydrogens (tertiary/aromatic N) is 1. The minimum atomic E-state index is -2.80. The van der Waals surface area contributed by atoms with Gasteiger partial charge < -0.3 is 10.1 Å². The number of benzene rings is 1. The van der Waals surface area contributed by atoms with Crippen LogP contribution < -0.4 is 10.1 Å². The van der Waals surface area contributed by atoms with E-state index in [1.54, 1.807) is 19.2 Å². The number of nitrogens with one attached hydrogen (secondary N) is 1. The van der Waals surface area contributed by atoms with E-state index < -0.39 is 6.61 Å². The summed E-state index contributed by atoms with van der Waals surface area (Å²) in [6.45, 7) is -2.80. The molecule has 0 spiro atoms. The Morgan fingerprint density at radius 3 is 2.93 bits per heavy atom. The fraction of sp³-hybridized carbons (Fsp3) is 0.222. The van der Waals surface area contributed by atoms with Crippen LogP contribution in [-0.4, -0.2) is 20.0 Å². The van der Waals surface area contributed by atoms with E-state index in [4.69, 9.17) is 0 Å². The van der Waals surface area contributed by atoms with E-state index in [9.17, 15) is 8.78 Å². The Bertz CT molecular complexity index is 315. The molecule has 1 aromatic rings. The Balaban J connectivity index is 2.68. The molecule has 0 aromatic heterocycles. The standard InChI is InChI=1S/C9H10F2N2O/c1-12-6-13-7-3-2-4-8(5-7)14-9(10)11/h2-6,9H,1H3,(H,12,13). The van der Waals surface area contributed by atoms with Crippen molar-refractivity contribution in [1.82, 2.24) is 0 Å². The Hall–Kier alpha value is -1.65. The van der Waals surface area contributed by atoms with Gasteiger partial charge >= 0.3 is 6.61 Å². The van der Waals surface area contributed by atoms with Crippen LogP contribution in [0, 0.1) is 0 Å². The summed E-state index contributed by atoms with van der Waals surface area (Å²) in [4.78, 5) is 3.70. The van der Waals surface area contributed by atoms with Crippen molar-refractivity contribution in [3.63, 3.8) is 0 Å². The topological polar surface area (TPSA) is 33.6 Å². The number of alkyl halides is 2. The molecule has 3 nitrogen and oxygen atoms in total. The van der Waals surface area contributed by atoms with Crippen LogP contribution in [-0.2, 0) is 0 Å². The molecule has 0 amide bonds. The fourth-order valence-corrected chi connectivity index (χ4v) is 0.901. The van der Waals surface area contributed by atoms with Crippen molar-refractivity contribution in [1.29, 1.82) is 0 Å². The summed E-state index contributed by atoms with van der Waals surface area (Å²) in [5.41, 5.74) is 0.647. The second kappa shape index (κ2) is 5.16. The highest BCUT2D eigenvalue weighted by atomic mass is 19.3. The lowest BCUT2D eigenvalue weighted by Crippen LogP contribution is -2.02. The zero-order valence-corrected chi connectivity index (χ0v) is 7.58. The summed E-state index contributed by atoms with van der Waals surface area (Å²) in [6, 6.07) is 6.26. The van der Waals surface area contributed by atoms with Crippen LogP contribution in [0.1, 0.15) is 0 Å². The van der Waals surface area contributed by atoms with E-state index in [1.165, 1.54) is 18.5 Å². The lowest BCUT2D eigenvalue weighted by molar-refractivity contribution is -0.0497. The van der Waals surface area contributed by atoms with Crippen molar-refractivity contribution < 1.29 is 13.5 Å². The van der Waals surface area contributed by atoms with Crippen LogP contribution >= 0.6 is 0 Å². The third-order valence-electron chi connectivity index (χ3n) is 1.42. The van der Waals surface area contributed by atoms with Gasteiger partial charge in [0.15, 0.2) is 0 Å². The average Bonchev–Trinajstić information content (AvgIpc) is 2.14. The van der Waals surface area contributed by atoms with Gasteiger partial charge in [-0.25, -0.2) is 0 Å². The molecule has 0 saturated carbocycles. The monoisotopic (exact) mass is 200 g/mol. The van der Waals surface area contributed by atoms with Gasteiger partial charge in [-0.1, -0.05) is 6.07 Å². The number of rotatable bonds is 4. The Morgan fingerprint density at radius 2 is 2.29 bits per heavy atom. The molecule has 5 heteroatoms. The van der Waals surface area contributed by atoms with E-state index in [0.717, 1.165) is 0 Å². The zero-order chi connectivity index (χ0) is 10.4. The van der Waals surface area contributed by atoms with Crippen LogP contribution in [0.3, 0.4) is 0 Å². The van der Waals surface area contributed by atoms with E-state index in [1.807, 2.05) is 0 Å². The normalized spacial score (nSPS) is 10.9. The Morgan fingerprint density at radius 1 is 1.50 bits per heavy atom. The predicted molar refractivity (Wildman–Crippen MR) is 51.1 cm³/mol. The second-order valence-corrected chi connectivity index (χ2v) is 2.44. The molecule has 14 heavy (non-hydrogen) atoms. The Labute approximate surface area is 80.4 Å². The zero-order valence-electron chi connectivity index (χ0n) is 7.58. The minimum absolute atomic E-state index is 0.120. The van der Waals surface area contributed by atoms with Crippen LogP contribution in [0.4, 0.5) is 14.5 Å². The summed E-state index contributed by atoms with van der Waals surface area (Å²) >= 11 is 0. The first-order chi connectivity index (χ1) is 6.72. The summed E-state index contributed by atoms with van der Waals surface area (Å²) in [5, 5.41) is 2.79. The molecule has 0 radical (unpaired) electrons. The largest absolute Gasteiger partial charge is 0.435 e. The molecule has 0 heterocycles. The molecule has 0 aliphatic heterocycles. The highest BCUT2D eigenvalue weighted by Gasteiger charge is 2.03. The van der Waals surface area contributed by atoms with Gasteiger partial charge in [0.25, 0.3) is 0 Å². The van der Waals surface area contributed by atoms with Gasteiger partial charge in [0.05, 0.1) is 6.34 Å². The van der Waals surface area contributed by atoms with Gasteiger partial charge in [-0.2, -0.15) is 8.78 Å². The average molecular weight is 200 g/mol. The highest BCUT2D eigenvalue weighted by Crippen LogP contribution is 2.18. The van der Waals surface area contributed by atoms with Gasteiger partial charge in [-0.3, -0.25) is 4.99 Å². The smallest absolute Gasteiger partial charge is 0.387 e. The first kappa shape index (κ1) is 10.4. The van der Waals surface area contributed by atoms with Crippen molar-refractivity contribution in [3.8, 4) is 5.75 Å². The number of aliphatic imine (C=N–C) groups is 1. The molecule has 0 aliphatic carbocycles. The van der Waals surface area contributed by atoms with Gasteiger partial charge in [0, 0.05) is 18.8 Å². The predicted octanol–water partition coefficient (Wildman–Crippen LogP) is 2.36. The summed E-state index contributed by atoms with van der Waals surface area (Å²) in [5.74, 6) is 0.120. The van der Waals surface area contributed by atoms with Gasteiger partial charge in [0.1, 0.15) is 5.75 Å². The third-order valence-corrected chi connectivity index (χ3v) is 1.42. The molecule has 76 valence electrons. The fourth-order valence-electron chi connectivity index (χ4n) is 0.901. The van der Waals surface area contributed by atoms with Gasteiger partial charge in [-0.15, -0.1) is 0 Å². The number of hydrogen-bond acceptors (Lipinski definition) is 2. The highest BCUT2D eigenvalue weighted by molar-refractivity contribution is 5.75. The van der Waals surface area contributed by atoms with E-state index >= 15 is 0 Å². The maximum atomic E-state index is 11.8. The molecule has 1 rings (SSSR count). The number of hydrogen-bond donors (Lipinski definition) is 1. The van der Waals surface area contributed by atoms with Crippen LogP contribution in [0.5, 0.6) is 5.75 Å². The van der Waals surface area contributed by atoms with Crippen molar-refractivity contribution in [2.75, 3.05) is 12.4 Å². The molecular weight excluding hydrogens is 190 g/mol. The summed E-state index contributed by atoms with van der Waals surface area (Å²) < 4.78 is 27.9. The van der Waals surface area contributed by atoms with Crippen molar-refractivity contribution in [2.24, 2.45) is 4.99 Å². The maximum absolute atomic E-state index is 11.8. The van der Waals surface area contributed by atoms with Crippen LogP contribution in [0.15, 0.2) is 29.3 Å². The first-order valence-electron chi connectivity index (χ1n) is 3.94. The molecule has 0 fully saturated rings. The summed E-state index contributed by atoms with van der Waals surface area (Å²) in [6.07, 6.45) is 1.46. The van der Waals surface area contributed by atoms with Crippen molar-refractivity contribution in [3.05, 3.63) is 24.3 Å². The van der Waals surface area contributed by atoms with Crippen LogP contribution in [0.25, 0.3) is 0 Å². The molecule has 0 bridgehead atoms. The molecular formula is C9H10F2N2O. The first-order valence-corrected chi connectivity index (χ1v) is 3.94. The number of ether oxygens (including phenoxy) is 1. The van der Waals surface area contributed by atoms with Crippen molar-refractivity contribution >= 4 is 12.0 Å². The second-order valence-electron chi connectivity index (χ2n) is 2.44. The van der Waals surface area contributed by atoms with E-state index in [0.29, 0.717) is 5.69 Å². The Kier molecular flexibility index (Phi) is 3.84. The lowest BCUT2D eigenvalue weighted by Gasteiger charge is -2.05. The number of halogens is 2. The molecule has 0 aliphatic rings. The lowest BCUT2D eigenvalue weighted by atomic mass is 10.3. The SMILES string of the molecule is CN=CNc1cccc(OC(F)F)c1. The molecule has 1 aromatic carbocycles. The third kappa shape index (κ3) is 3.38. The minimum Gasteiger partial charge on any atom is -0.435 e. The maximum Gasteiger partial charge on any atom is 0.387 e. The molecule has 0 unspecified atom stereocenters.